The molecule has 1 aromatic carbocycles. The molecular weight excluding hydrogens is 322 g/mol. The number of piperidine rings is 1. The summed E-state index contributed by atoms with van der Waals surface area (Å²) in [6.45, 7) is 3.05. The molecule has 20 heavy (non-hydrogen) atoms. The van der Waals surface area contributed by atoms with Crippen molar-refractivity contribution < 1.29 is 14.3 Å². The lowest BCUT2D eigenvalue weighted by atomic mass is 9.97. The molecule has 1 aliphatic heterocycles. The number of esters is 1. The number of benzene rings is 1. The third kappa shape index (κ3) is 3.20. The van der Waals surface area contributed by atoms with Gasteiger partial charge in [-0.25, -0.2) is 0 Å². The Balaban J connectivity index is 2.16. The maximum atomic E-state index is 12.6. The Morgan fingerprint density at radius 3 is 2.85 bits per heavy atom. The van der Waals surface area contributed by atoms with E-state index in [0.717, 1.165) is 22.9 Å². The number of carbonyl (C=O) groups excluding carboxylic acids is 2. The fraction of sp³-hybridized carbons (Fsp3) is 0.467. The average molecular weight is 340 g/mol. The molecule has 4 nitrogen and oxygen atoms in total. The van der Waals surface area contributed by atoms with Gasteiger partial charge in [-0.15, -0.1) is 0 Å². The summed E-state index contributed by atoms with van der Waals surface area (Å²) in [5.74, 6) is -0.448. The minimum Gasteiger partial charge on any atom is -0.469 e. The van der Waals surface area contributed by atoms with Crippen molar-refractivity contribution in [2.75, 3.05) is 20.2 Å². The lowest BCUT2D eigenvalue weighted by molar-refractivity contribution is -0.146. The number of nitrogens with zero attached hydrogens (tertiary/aromatic N) is 1. The van der Waals surface area contributed by atoms with Gasteiger partial charge < -0.3 is 9.64 Å². The first-order valence-corrected chi connectivity index (χ1v) is 7.45. The van der Waals surface area contributed by atoms with E-state index >= 15 is 0 Å². The third-order valence-electron chi connectivity index (χ3n) is 3.67. The lowest BCUT2D eigenvalue weighted by Gasteiger charge is -2.31. The molecule has 0 spiro atoms. The van der Waals surface area contributed by atoms with Crippen molar-refractivity contribution in [2.24, 2.45) is 5.92 Å². The molecule has 1 saturated heterocycles. The van der Waals surface area contributed by atoms with Crippen LogP contribution in [0.5, 0.6) is 0 Å². The topological polar surface area (TPSA) is 46.6 Å². The number of likely N-dealkylation sites (tertiary alicyclic amines) is 1. The normalized spacial score (nSPS) is 18.8. The third-order valence-corrected chi connectivity index (χ3v) is 4.17. The molecular formula is C15H18BrNO3. The van der Waals surface area contributed by atoms with E-state index in [1.54, 1.807) is 4.90 Å². The van der Waals surface area contributed by atoms with E-state index in [1.165, 1.54) is 7.11 Å². The fourth-order valence-corrected chi connectivity index (χ4v) is 2.88. The largest absolute Gasteiger partial charge is 0.469 e. The van der Waals surface area contributed by atoms with Crippen molar-refractivity contribution in [2.45, 2.75) is 19.8 Å². The van der Waals surface area contributed by atoms with Crippen LogP contribution in [0.25, 0.3) is 0 Å². The van der Waals surface area contributed by atoms with Gasteiger partial charge >= 0.3 is 5.97 Å². The maximum Gasteiger partial charge on any atom is 0.310 e. The molecule has 0 aromatic heterocycles. The highest BCUT2D eigenvalue weighted by Gasteiger charge is 2.29. The molecule has 0 N–H and O–H groups in total. The number of carbonyl (C=O) groups is 2. The predicted octanol–water partition coefficient (Wildman–Crippen LogP) is 2.78. The van der Waals surface area contributed by atoms with Gasteiger partial charge in [-0.2, -0.15) is 0 Å². The number of methoxy groups -OCH3 is 1. The van der Waals surface area contributed by atoms with Crippen LogP contribution in [0.2, 0.25) is 0 Å². The summed E-state index contributed by atoms with van der Waals surface area (Å²) in [5.41, 5.74) is 1.63. The zero-order chi connectivity index (χ0) is 14.7. The van der Waals surface area contributed by atoms with Gasteiger partial charge in [-0.1, -0.05) is 22.0 Å². The summed E-state index contributed by atoms with van der Waals surface area (Å²) in [6.07, 6.45) is 1.62. The van der Waals surface area contributed by atoms with Crippen LogP contribution in [-0.4, -0.2) is 37.0 Å². The van der Waals surface area contributed by atoms with Crippen molar-refractivity contribution >= 4 is 27.8 Å². The number of ether oxygens (including phenoxy) is 1. The molecule has 1 aromatic rings. The fourth-order valence-electron chi connectivity index (χ4n) is 2.52. The maximum absolute atomic E-state index is 12.6. The van der Waals surface area contributed by atoms with Gasteiger partial charge in [0, 0.05) is 23.1 Å². The van der Waals surface area contributed by atoms with Crippen LogP contribution in [0.15, 0.2) is 22.7 Å². The Kier molecular flexibility index (Phi) is 4.81. The Hall–Kier alpha value is -1.36. The summed E-state index contributed by atoms with van der Waals surface area (Å²) < 4.78 is 5.66. The van der Waals surface area contributed by atoms with Crippen molar-refractivity contribution in [3.8, 4) is 0 Å². The molecule has 1 heterocycles. The van der Waals surface area contributed by atoms with Crippen LogP contribution in [0.4, 0.5) is 0 Å². The number of rotatable bonds is 2. The van der Waals surface area contributed by atoms with Gasteiger partial charge in [-0.05, 0) is 37.5 Å². The van der Waals surface area contributed by atoms with Crippen molar-refractivity contribution in [3.63, 3.8) is 0 Å². The molecule has 2 rings (SSSR count). The van der Waals surface area contributed by atoms with Crippen molar-refractivity contribution in [1.82, 2.24) is 4.90 Å². The quantitative estimate of drug-likeness (QED) is 0.778. The van der Waals surface area contributed by atoms with E-state index in [2.05, 4.69) is 15.9 Å². The van der Waals surface area contributed by atoms with Gasteiger partial charge in [0.25, 0.3) is 5.91 Å². The van der Waals surface area contributed by atoms with Gasteiger partial charge in [0.1, 0.15) is 0 Å². The SMILES string of the molecule is COC(=O)[C@H]1CCCN(C(=O)c2cc(Br)ccc2C)C1. The molecule has 1 atom stereocenters. The Labute approximate surface area is 127 Å². The highest BCUT2D eigenvalue weighted by molar-refractivity contribution is 9.10. The van der Waals surface area contributed by atoms with Crippen molar-refractivity contribution in [3.05, 3.63) is 33.8 Å². The predicted molar refractivity (Wildman–Crippen MR) is 79.5 cm³/mol. The Morgan fingerprint density at radius 2 is 2.15 bits per heavy atom. The second-order valence-corrected chi connectivity index (χ2v) is 5.99. The molecule has 5 heteroatoms. The first kappa shape index (κ1) is 15.0. The molecule has 1 amide bonds. The molecule has 1 aliphatic rings. The van der Waals surface area contributed by atoms with E-state index in [-0.39, 0.29) is 17.8 Å². The van der Waals surface area contributed by atoms with Crippen molar-refractivity contribution in [1.29, 1.82) is 0 Å². The van der Waals surface area contributed by atoms with E-state index in [1.807, 2.05) is 25.1 Å². The van der Waals surface area contributed by atoms with E-state index in [9.17, 15) is 9.59 Å². The van der Waals surface area contributed by atoms with Gasteiger partial charge in [-0.3, -0.25) is 9.59 Å². The Morgan fingerprint density at radius 1 is 1.40 bits per heavy atom. The lowest BCUT2D eigenvalue weighted by Crippen LogP contribution is -2.42. The zero-order valence-electron chi connectivity index (χ0n) is 11.7. The number of amides is 1. The molecule has 0 bridgehead atoms. The van der Waals surface area contributed by atoms with Gasteiger partial charge in [0.05, 0.1) is 13.0 Å². The van der Waals surface area contributed by atoms with Gasteiger partial charge in [0.15, 0.2) is 0 Å². The summed E-state index contributed by atoms with van der Waals surface area (Å²) in [7, 11) is 1.39. The second-order valence-electron chi connectivity index (χ2n) is 5.07. The number of hydrogen-bond acceptors (Lipinski definition) is 3. The monoisotopic (exact) mass is 339 g/mol. The zero-order valence-corrected chi connectivity index (χ0v) is 13.3. The van der Waals surface area contributed by atoms with E-state index in [0.29, 0.717) is 18.7 Å². The highest BCUT2D eigenvalue weighted by atomic mass is 79.9. The molecule has 1 fully saturated rings. The van der Waals surface area contributed by atoms with Crippen LogP contribution in [0.1, 0.15) is 28.8 Å². The standard InChI is InChI=1S/C15H18BrNO3/c1-10-5-6-12(16)8-13(10)14(18)17-7-3-4-11(9-17)15(19)20-2/h5-6,8,11H,3-4,7,9H2,1-2H3/t11-/m0/s1. The van der Waals surface area contributed by atoms with E-state index in [4.69, 9.17) is 4.74 Å². The second kappa shape index (κ2) is 6.39. The first-order chi connectivity index (χ1) is 9.52. The van der Waals surface area contributed by atoms with Crippen LogP contribution in [0.3, 0.4) is 0 Å². The molecule has 0 radical (unpaired) electrons. The molecule has 108 valence electrons. The minimum absolute atomic E-state index is 0.0163. The molecule has 0 aliphatic carbocycles. The van der Waals surface area contributed by atoms with Crippen LogP contribution >= 0.6 is 15.9 Å². The number of aryl methyl sites for hydroxylation is 1. The van der Waals surface area contributed by atoms with Gasteiger partial charge in [0.2, 0.25) is 0 Å². The smallest absolute Gasteiger partial charge is 0.310 e. The summed E-state index contributed by atoms with van der Waals surface area (Å²) in [5, 5.41) is 0. The molecule has 0 unspecified atom stereocenters. The van der Waals surface area contributed by atoms with E-state index < -0.39 is 0 Å². The van der Waals surface area contributed by atoms with Crippen LogP contribution in [0, 0.1) is 12.8 Å². The average Bonchev–Trinajstić information content (AvgIpc) is 2.48. The Bertz CT molecular complexity index is 530. The first-order valence-electron chi connectivity index (χ1n) is 6.66. The number of hydrogen-bond donors (Lipinski definition) is 0. The minimum atomic E-state index is -0.228. The van der Waals surface area contributed by atoms with Crippen LogP contribution in [-0.2, 0) is 9.53 Å². The number of halogens is 1. The molecule has 0 saturated carbocycles. The summed E-state index contributed by atoms with van der Waals surface area (Å²) in [6, 6.07) is 5.66. The summed E-state index contributed by atoms with van der Waals surface area (Å²) >= 11 is 3.39. The highest BCUT2D eigenvalue weighted by Crippen LogP contribution is 2.22. The van der Waals surface area contributed by atoms with Crippen LogP contribution < -0.4 is 0 Å². The summed E-state index contributed by atoms with van der Waals surface area (Å²) in [4.78, 5) is 26.0.